The molecule has 2 amide bonds. The molecule has 4 heteroatoms. The van der Waals surface area contributed by atoms with E-state index in [0.717, 1.165) is 37.8 Å². The maximum atomic E-state index is 12.3. The van der Waals surface area contributed by atoms with Crippen molar-refractivity contribution in [1.82, 2.24) is 10.2 Å². The van der Waals surface area contributed by atoms with Gasteiger partial charge in [-0.05, 0) is 43.7 Å². The van der Waals surface area contributed by atoms with Crippen LogP contribution in [0, 0.1) is 6.92 Å². The van der Waals surface area contributed by atoms with Crippen LogP contribution in [0.3, 0.4) is 0 Å². The second-order valence-electron chi connectivity index (χ2n) is 5.44. The molecule has 0 saturated heterocycles. The number of nitrogens with one attached hydrogen (secondary N) is 1. The predicted molar refractivity (Wildman–Crippen MR) is 79.5 cm³/mol. The quantitative estimate of drug-likeness (QED) is 0.752. The minimum atomic E-state index is 0.0219. The van der Waals surface area contributed by atoms with Crippen LogP contribution in [0.4, 0.5) is 4.79 Å². The zero-order chi connectivity index (χ0) is 14.4. The highest BCUT2D eigenvalue weighted by molar-refractivity contribution is 5.75. The van der Waals surface area contributed by atoms with E-state index >= 15 is 0 Å². The van der Waals surface area contributed by atoms with E-state index in [1.165, 1.54) is 5.56 Å². The van der Waals surface area contributed by atoms with Crippen LogP contribution in [0.5, 0.6) is 0 Å². The van der Waals surface area contributed by atoms with Crippen LogP contribution in [-0.2, 0) is 6.54 Å². The number of amides is 2. The molecule has 110 valence electrons. The number of carbonyl (C=O) groups excluding carboxylic acids is 1. The number of benzene rings is 1. The summed E-state index contributed by atoms with van der Waals surface area (Å²) in [4.78, 5) is 14.2. The Bertz CT molecular complexity index is 444. The van der Waals surface area contributed by atoms with Crippen molar-refractivity contribution in [1.29, 1.82) is 0 Å². The molecule has 1 aromatic rings. The lowest BCUT2D eigenvalue weighted by Gasteiger charge is -2.23. The minimum absolute atomic E-state index is 0.0219. The first-order chi connectivity index (χ1) is 9.72. The van der Waals surface area contributed by atoms with Crippen molar-refractivity contribution in [2.45, 2.75) is 45.2 Å². The molecule has 2 N–H and O–H groups in total. The molecule has 1 fully saturated rings. The molecule has 1 aromatic carbocycles. The molecule has 0 aromatic heterocycles. The molecular formula is C16H24N2O2. The second-order valence-corrected chi connectivity index (χ2v) is 5.44. The smallest absolute Gasteiger partial charge is 0.317 e. The Labute approximate surface area is 120 Å². The lowest BCUT2D eigenvalue weighted by atomic mass is 10.1. The fourth-order valence-electron chi connectivity index (χ4n) is 2.31. The standard InChI is InChI=1S/C16H24N2O2/c1-13-6-2-3-7-14(13)12-17-16(20)18(15-8-9-15)10-4-5-11-19/h2-3,6-7,15,19H,4-5,8-12H2,1H3,(H,17,20). The van der Waals surface area contributed by atoms with Crippen LogP contribution < -0.4 is 5.32 Å². The normalized spacial score (nSPS) is 14.1. The molecular weight excluding hydrogens is 252 g/mol. The van der Waals surface area contributed by atoms with E-state index in [-0.39, 0.29) is 12.6 Å². The third-order valence-electron chi connectivity index (χ3n) is 3.75. The van der Waals surface area contributed by atoms with Crippen LogP contribution in [0.15, 0.2) is 24.3 Å². The first-order valence-corrected chi connectivity index (χ1v) is 7.42. The third-order valence-corrected chi connectivity index (χ3v) is 3.75. The van der Waals surface area contributed by atoms with Crippen LogP contribution in [0.2, 0.25) is 0 Å². The summed E-state index contributed by atoms with van der Waals surface area (Å²) in [5.74, 6) is 0. The predicted octanol–water partition coefficient (Wildman–Crippen LogP) is 2.44. The van der Waals surface area contributed by atoms with Crippen LogP contribution in [0.1, 0.15) is 36.8 Å². The number of unbranched alkanes of at least 4 members (excludes halogenated alkanes) is 1. The van der Waals surface area contributed by atoms with Crippen LogP contribution in [-0.4, -0.2) is 35.2 Å². The molecule has 1 saturated carbocycles. The lowest BCUT2D eigenvalue weighted by Crippen LogP contribution is -2.41. The van der Waals surface area contributed by atoms with Crippen LogP contribution >= 0.6 is 0 Å². The van der Waals surface area contributed by atoms with Gasteiger partial charge in [-0.3, -0.25) is 0 Å². The first kappa shape index (κ1) is 14.9. The second kappa shape index (κ2) is 7.29. The van der Waals surface area contributed by atoms with Gasteiger partial charge in [-0.25, -0.2) is 4.79 Å². The average molecular weight is 276 g/mol. The van der Waals surface area contributed by atoms with Gasteiger partial charge in [0.1, 0.15) is 0 Å². The van der Waals surface area contributed by atoms with Crippen molar-refractivity contribution in [3.8, 4) is 0 Å². The van der Waals surface area contributed by atoms with E-state index in [4.69, 9.17) is 5.11 Å². The Kier molecular flexibility index (Phi) is 5.41. The van der Waals surface area contributed by atoms with Gasteiger partial charge in [-0.2, -0.15) is 0 Å². The van der Waals surface area contributed by atoms with E-state index in [1.807, 2.05) is 23.1 Å². The molecule has 4 nitrogen and oxygen atoms in total. The van der Waals surface area contributed by atoms with Gasteiger partial charge in [0, 0.05) is 25.7 Å². The number of aliphatic hydroxyl groups excluding tert-OH is 1. The van der Waals surface area contributed by atoms with E-state index in [1.54, 1.807) is 0 Å². The summed E-state index contributed by atoms with van der Waals surface area (Å²) in [6.07, 6.45) is 3.84. The zero-order valence-electron chi connectivity index (χ0n) is 12.1. The number of urea groups is 1. The molecule has 20 heavy (non-hydrogen) atoms. The first-order valence-electron chi connectivity index (χ1n) is 7.42. The highest BCUT2D eigenvalue weighted by Crippen LogP contribution is 2.27. The number of aryl methyl sites for hydroxylation is 1. The third kappa shape index (κ3) is 4.23. The van der Waals surface area contributed by atoms with Crippen molar-refractivity contribution in [3.63, 3.8) is 0 Å². The van der Waals surface area contributed by atoms with Gasteiger partial charge in [-0.15, -0.1) is 0 Å². The molecule has 0 radical (unpaired) electrons. The topological polar surface area (TPSA) is 52.6 Å². The fraction of sp³-hybridized carbons (Fsp3) is 0.562. The van der Waals surface area contributed by atoms with E-state index < -0.39 is 0 Å². The maximum absolute atomic E-state index is 12.3. The summed E-state index contributed by atoms with van der Waals surface area (Å²) < 4.78 is 0. The fourth-order valence-corrected chi connectivity index (χ4v) is 2.31. The molecule has 0 aliphatic heterocycles. The summed E-state index contributed by atoms with van der Waals surface area (Å²) in [5, 5.41) is 11.8. The Morgan fingerprint density at radius 1 is 1.35 bits per heavy atom. The number of hydrogen-bond acceptors (Lipinski definition) is 2. The lowest BCUT2D eigenvalue weighted by molar-refractivity contribution is 0.190. The molecule has 1 aliphatic carbocycles. The summed E-state index contributed by atoms with van der Waals surface area (Å²) in [7, 11) is 0. The summed E-state index contributed by atoms with van der Waals surface area (Å²) >= 11 is 0. The number of hydrogen-bond donors (Lipinski definition) is 2. The van der Waals surface area contributed by atoms with E-state index in [9.17, 15) is 4.79 Å². The van der Waals surface area contributed by atoms with E-state index in [0.29, 0.717) is 12.6 Å². The van der Waals surface area contributed by atoms with Gasteiger partial charge in [0.2, 0.25) is 0 Å². The van der Waals surface area contributed by atoms with Crippen molar-refractivity contribution in [2.75, 3.05) is 13.2 Å². The maximum Gasteiger partial charge on any atom is 0.317 e. The molecule has 0 heterocycles. The number of carbonyl (C=O) groups is 1. The van der Waals surface area contributed by atoms with Crippen molar-refractivity contribution >= 4 is 6.03 Å². The number of rotatable bonds is 7. The Hall–Kier alpha value is -1.55. The Morgan fingerprint density at radius 2 is 2.10 bits per heavy atom. The Morgan fingerprint density at radius 3 is 2.75 bits per heavy atom. The van der Waals surface area contributed by atoms with Crippen molar-refractivity contribution in [2.24, 2.45) is 0 Å². The highest BCUT2D eigenvalue weighted by atomic mass is 16.3. The molecule has 0 bridgehead atoms. The van der Waals surface area contributed by atoms with Crippen molar-refractivity contribution < 1.29 is 9.90 Å². The minimum Gasteiger partial charge on any atom is -0.396 e. The van der Waals surface area contributed by atoms with Crippen LogP contribution in [0.25, 0.3) is 0 Å². The summed E-state index contributed by atoms with van der Waals surface area (Å²) in [6, 6.07) is 8.53. The largest absolute Gasteiger partial charge is 0.396 e. The van der Waals surface area contributed by atoms with Gasteiger partial charge < -0.3 is 15.3 Å². The molecule has 2 rings (SSSR count). The van der Waals surface area contributed by atoms with Gasteiger partial charge >= 0.3 is 6.03 Å². The average Bonchev–Trinajstić information content (AvgIpc) is 3.27. The van der Waals surface area contributed by atoms with Gasteiger partial charge in [-0.1, -0.05) is 24.3 Å². The Balaban J connectivity index is 1.84. The zero-order valence-corrected chi connectivity index (χ0v) is 12.1. The van der Waals surface area contributed by atoms with Crippen molar-refractivity contribution in [3.05, 3.63) is 35.4 Å². The SMILES string of the molecule is Cc1ccccc1CNC(=O)N(CCCCO)C1CC1. The molecule has 0 spiro atoms. The van der Waals surface area contributed by atoms with Gasteiger partial charge in [0.15, 0.2) is 0 Å². The summed E-state index contributed by atoms with van der Waals surface area (Å²) in [5.41, 5.74) is 2.36. The number of aliphatic hydroxyl groups is 1. The van der Waals surface area contributed by atoms with Gasteiger partial charge in [0.05, 0.1) is 0 Å². The molecule has 1 aliphatic rings. The van der Waals surface area contributed by atoms with E-state index in [2.05, 4.69) is 18.3 Å². The number of nitrogens with zero attached hydrogens (tertiary/aromatic N) is 1. The molecule has 0 unspecified atom stereocenters. The summed E-state index contributed by atoms with van der Waals surface area (Å²) in [6.45, 7) is 3.57. The van der Waals surface area contributed by atoms with Gasteiger partial charge in [0.25, 0.3) is 0 Å². The monoisotopic (exact) mass is 276 g/mol. The highest BCUT2D eigenvalue weighted by Gasteiger charge is 2.31. The molecule has 0 atom stereocenters.